The van der Waals surface area contributed by atoms with Gasteiger partial charge in [-0.15, -0.1) is 0 Å². The van der Waals surface area contributed by atoms with Crippen LogP contribution < -0.4 is 10.5 Å². The van der Waals surface area contributed by atoms with E-state index in [0.717, 1.165) is 12.3 Å². The molecule has 1 saturated carbocycles. The van der Waals surface area contributed by atoms with Gasteiger partial charge >= 0.3 is 0 Å². The minimum absolute atomic E-state index is 0.0270. The van der Waals surface area contributed by atoms with Crippen LogP contribution in [0.25, 0.3) is 5.76 Å². The molecule has 4 rings (SSSR count). The van der Waals surface area contributed by atoms with Crippen molar-refractivity contribution in [2.45, 2.75) is 24.5 Å². The fourth-order valence-electron chi connectivity index (χ4n) is 5.54. The number of aromatic hydroxyl groups is 1. The monoisotopic (exact) mass is 507 g/mol. The lowest BCUT2D eigenvalue weighted by atomic mass is 9.57. The van der Waals surface area contributed by atoms with E-state index in [9.17, 15) is 43.2 Å². The largest absolute Gasteiger partial charge is 0.508 e. The Morgan fingerprint density at radius 2 is 1.83 bits per heavy atom. The number of Topliss-reactive ketones (excluding diaryl/α,β-unsaturated/α-hetero) is 2. The minimum atomic E-state index is -3.73. The first-order valence-corrected chi connectivity index (χ1v) is 12.5. The summed E-state index contributed by atoms with van der Waals surface area (Å²) in [6.45, 7) is 0. The van der Waals surface area contributed by atoms with Crippen molar-refractivity contribution in [1.82, 2.24) is 4.90 Å². The highest BCUT2D eigenvalue weighted by Gasteiger charge is 2.64. The fraction of sp³-hybridized carbons (Fsp3) is 0.409. The molecule has 3 aliphatic carbocycles. The number of sulfonamides is 1. The number of anilines is 1. The summed E-state index contributed by atoms with van der Waals surface area (Å²) in [5.41, 5.74) is 1.44. The van der Waals surface area contributed by atoms with Gasteiger partial charge in [0.25, 0.3) is 5.91 Å². The zero-order chi connectivity index (χ0) is 26.2. The van der Waals surface area contributed by atoms with Gasteiger partial charge in [-0.1, -0.05) is 0 Å². The second-order valence-electron chi connectivity index (χ2n) is 9.32. The zero-order valence-electron chi connectivity index (χ0n) is 19.1. The third-order valence-electron chi connectivity index (χ3n) is 6.90. The Balaban J connectivity index is 1.97. The first-order chi connectivity index (χ1) is 16.1. The second kappa shape index (κ2) is 7.80. The number of likely N-dealkylation sites (N-methyl/N-ethyl adjacent to an activating group) is 1. The molecule has 4 atom stereocenters. The van der Waals surface area contributed by atoms with Crippen LogP contribution in [-0.4, -0.2) is 83.2 Å². The second-order valence-corrected chi connectivity index (χ2v) is 11.1. The molecule has 0 unspecified atom stereocenters. The molecule has 13 heteroatoms. The molecule has 1 fully saturated rings. The number of rotatable bonds is 4. The number of primary amides is 1. The molecule has 0 aromatic heterocycles. The van der Waals surface area contributed by atoms with Crippen molar-refractivity contribution in [1.29, 1.82) is 0 Å². The maximum atomic E-state index is 13.7. The number of nitrogens with zero attached hydrogens (tertiary/aromatic N) is 1. The van der Waals surface area contributed by atoms with Gasteiger partial charge in [-0.05, 0) is 50.6 Å². The predicted molar refractivity (Wildman–Crippen MR) is 123 cm³/mol. The Hall–Kier alpha value is -3.42. The molecule has 7 N–H and O–H groups in total. The van der Waals surface area contributed by atoms with E-state index < -0.39 is 73.8 Å². The number of amides is 1. The quantitative estimate of drug-likeness (QED) is 0.224. The number of phenolic OH excluding ortho intramolecular Hbond substituents is 1. The van der Waals surface area contributed by atoms with Crippen molar-refractivity contribution < 1.29 is 43.2 Å². The fourth-order valence-corrected chi connectivity index (χ4v) is 6.13. The number of nitrogens with one attached hydrogen (secondary N) is 1. The number of aliphatic hydroxyl groups is 3. The molecular formula is C22H25N3O9S. The van der Waals surface area contributed by atoms with Crippen molar-refractivity contribution in [2.75, 3.05) is 25.1 Å². The maximum Gasteiger partial charge on any atom is 0.255 e. The van der Waals surface area contributed by atoms with Crippen LogP contribution in [0.1, 0.15) is 17.5 Å². The van der Waals surface area contributed by atoms with Gasteiger partial charge in [0.1, 0.15) is 22.8 Å². The third-order valence-corrected chi connectivity index (χ3v) is 7.49. The molecule has 35 heavy (non-hydrogen) atoms. The number of carbonyl (C=O) groups excluding carboxylic acids is 3. The van der Waals surface area contributed by atoms with E-state index in [-0.39, 0.29) is 35.2 Å². The minimum Gasteiger partial charge on any atom is -0.508 e. The average Bonchev–Trinajstić information content (AvgIpc) is 2.71. The first kappa shape index (κ1) is 24.7. The van der Waals surface area contributed by atoms with Crippen LogP contribution >= 0.6 is 0 Å². The van der Waals surface area contributed by atoms with Crippen LogP contribution in [-0.2, 0) is 30.8 Å². The average molecular weight is 508 g/mol. The molecule has 0 aliphatic heterocycles. The molecule has 188 valence electrons. The zero-order valence-corrected chi connectivity index (χ0v) is 19.9. The molecule has 1 aromatic rings. The third kappa shape index (κ3) is 3.49. The van der Waals surface area contributed by atoms with Crippen molar-refractivity contribution >= 4 is 38.9 Å². The summed E-state index contributed by atoms with van der Waals surface area (Å²) in [5, 5.41) is 43.8. The lowest BCUT2D eigenvalue weighted by Gasteiger charge is -2.50. The number of fused-ring (bicyclic) bond motifs is 3. The van der Waals surface area contributed by atoms with E-state index in [4.69, 9.17) is 5.73 Å². The predicted octanol–water partition coefficient (Wildman–Crippen LogP) is -0.664. The highest BCUT2D eigenvalue weighted by molar-refractivity contribution is 7.92. The van der Waals surface area contributed by atoms with Gasteiger partial charge in [-0.3, -0.25) is 24.0 Å². The van der Waals surface area contributed by atoms with Crippen molar-refractivity contribution in [3.05, 3.63) is 40.2 Å². The summed E-state index contributed by atoms with van der Waals surface area (Å²) in [7, 11) is -0.730. The summed E-state index contributed by atoms with van der Waals surface area (Å²) >= 11 is 0. The summed E-state index contributed by atoms with van der Waals surface area (Å²) in [6.07, 6.45) is 0.807. The molecule has 12 nitrogen and oxygen atoms in total. The Labute approximate surface area is 200 Å². The molecule has 3 aliphatic rings. The van der Waals surface area contributed by atoms with E-state index in [2.05, 4.69) is 4.72 Å². The lowest BCUT2D eigenvalue weighted by Crippen LogP contribution is -2.65. The molecular weight excluding hydrogens is 482 g/mol. The van der Waals surface area contributed by atoms with Gasteiger partial charge in [0, 0.05) is 11.5 Å². The van der Waals surface area contributed by atoms with Crippen molar-refractivity contribution in [2.24, 2.45) is 17.6 Å². The van der Waals surface area contributed by atoms with Crippen LogP contribution in [0.3, 0.4) is 0 Å². The van der Waals surface area contributed by atoms with Crippen LogP contribution in [0.2, 0.25) is 0 Å². The summed E-state index contributed by atoms with van der Waals surface area (Å²) in [6, 6.07) is 1.25. The number of hydrogen-bond acceptors (Lipinski definition) is 10. The van der Waals surface area contributed by atoms with Gasteiger partial charge in [0.05, 0.1) is 23.5 Å². The molecule has 0 saturated heterocycles. The van der Waals surface area contributed by atoms with Crippen molar-refractivity contribution in [3.63, 3.8) is 0 Å². The van der Waals surface area contributed by atoms with Gasteiger partial charge in [0.2, 0.25) is 15.8 Å². The maximum absolute atomic E-state index is 13.7. The topological polar surface area (TPSA) is 208 Å². The number of benzene rings is 1. The van der Waals surface area contributed by atoms with Crippen molar-refractivity contribution in [3.8, 4) is 5.75 Å². The molecule has 0 bridgehead atoms. The van der Waals surface area contributed by atoms with Crippen LogP contribution in [0.5, 0.6) is 5.75 Å². The van der Waals surface area contributed by atoms with E-state index >= 15 is 0 Å². The lowest BCUT2D eigenvalue weighted by molar-refractivity contribution is -0.153. The number of nitrogens with two attached hydrogens (primary N) is 1. The van der Waals surface area contributed by atoms with E-state index in [1.807, 2.05) is 0 Å². The van der Waals surface area contributed by atoms with E-state index in [0.29, 0.717) is 0 Å². The number of carbonyl (C=O) groups is 3. The van der Waals surface area contributed by atoms with Crippen LogP contribution in [0, 0.1) is 11.8 Å². The normalized spacial score (nSPS) is 28.5. The van der Waals surface area contributed by atoms with Crippen LogP contribution in [0.15, 0.2) is 29.0 Å². The Morgan fingerprint density at radius 1 is 1.20 bits per heavy atom. The Morgan fingerprint density at radius 3 is 2.37 bits per heavy atom. The van der Waals surface area contributed by atoms with Gasteiger partial charge in [-0.25, -0.2) is 8.42 Å². The molecule has 0 heterocycles. The number of hydrogen-bond donors (Lipinski definition) is 6. The summed E-state index contributed by atoms with van der Waals surface area (Å²) in [4.78, 5) is 40.1. The highest BCUT2D eigenvalue weighted by Crippen LogP contribution is 2.53. The number of phenols is 1. The van der Waals surface area contributed by atoms with Crippen LogP contribution in [0.4, 0.5) is 5.69 Å². The summed E-state index contributed by atoms with van der Waals surface area (Å²) < 4.78 is 26.0. The number of aliphatic hydroxyl groups excluding tert-OH is 2. The summed E-state index contributed by atoms with van der Waals surface area (Å²) in [5.74, 6) is -7.65. The smallest absolute Gasteiger partial charge is 0.255 e. The van der Waals surface area contributed by atoms with Gasteiger partial charge in [-0.2, -0.15) is 0 Å². The van der Waals surface area contributed by atoms with E-state index in [1.165, 1.54) is 25.1 Å². The Bertz CT molecular complexity index is 1360. The van der Waals surface area contributed by atoms with E-state index in [1.54, 1.807) is 0 Å². The first-order valence-electron chi connectivity index (χ1n) is 10.6. The SMILES string of the molecule is CN(C)[C@@H]1C(=O)C(C(N)=O)=C(O)[C@@]2(O)C(=O)C3=C(O)c4c(O)ccc(NS(C)(=O)=O)c4C[C@H]3C[C@@H]12. The van der Waals surface area contributed by atoms with Gasteiger partial charge in [0.15, 0.2) is 11.4 Å². The Kier molecular flexibility index (Phi) is 5.50. The molecule has 0 radical (unpaired) electrons. The number of ketones is 2. The van der Waals surface area contributed by atoms with Gasteiger partial charge < -0.3 is 26.2 Å². The standard InChI is InChI=1S/C22H25N3O9S/c1-25(2)16-10-7-8-6-9-11(24-35(3,33)34)4-5-12(26)14(9)17(27)13(8)19(29)22(10,32)20(30)15(18(16)28)21(23)31/h4-5,8,10,16,24,26-27,30,32H,6-7H2,1-3H3,(H2,23,31)/t8-,10-,16-,22-/m0/s1. The molecule has 1 aromatic carbocycles. The highest BCUT2D eigenvalue weighted by atomic mass is 32.2. The molecule has 0 spiro atoms. The molecule has 1 amide bonds.